The second-order valence-electron chi connectivity index (χ2n) is 8.79. The lowest BCUT2D eigenvalue weighted by atomic mass is 9.96. The largest absolute Gasteiger partial charge is 0.417 e. The maximum absolute atomic E-state index is 13.7. The lowest BCUT2D eigenvalue weighted by molar-refractivity contribution is -0.177. The zero-order chi connectivity index (χ0) is 30.8. The molecule has 2 aromatic rings. The molecule has 15 heteroatoms. The minimum absolute atomic E-state index is 0.186. The van der Waals surface area contributed by atoms with Crippen molar-refractivity contribution in [2.24, 2.45) is 5.92 Å². The molecular formula is C25H19Cl3F9NO2. The summed E-state index contributed by atoms with van der Waals surface area (Å²) in [5.41, 5.74) is -3.25. The highest BCUT2D eigenvalue weighted by atomic mass is 35.5. The number of Topliss-reactive ketones (excluding diaryl/α,β-unsaturated/α-hetero) is 1. The summed E-state index contributed by atoms with van der Waals surface area (Å²) in [6.45, 7) is 1.75. The molecule has 2 rings (SSSR count). The van der Waals surface area contributed by atoms with E-state index in [1.807, 2.05) is 5.32 Å². The maximum Gasteiger partial charge on any atom is 0.417 e. The predicted octanol–water partition coefficient (Wildman–Crippen LogP) is 9.30. The van der Waals surface area contributed by atoms with Crippen LogP contribution in [0.25, 0.3) is 6.08 Å². The minimum Gasteiger partial charge on any atom is -0.349 e. The van der Waals surface area contributed by atoms with Crippen LogP contribution in [0.15, 0.2) is 36.4 Å². The van der Waals surface area contributed by atoms with Crippen molar-refractivity contribution in [3.05, 3.63) is 73.7 Å². The normalized spacial score (nSPS) is 15.2. The number of alkyl halides is 9. The van der Waals surface area contributed by atoms with E-state index >= 15 is 0 Å². The van der Waals surface area contributed by atoms with Crippen molar-refractivity contribution in [3.63, 3.8) is 0 Å². The van der Waals surface area contributed by atoms with Gasteiger partial charge in [0.25, 0.3) is 5.91 Å². The zero-order valence-electron chi connectivity index (χ0n) is 20.3. The fourth-order valence-electron chi connectivity index (χ4n) is 3.48. The smallest absolute Gasteiger partial charge is 0.349 e. The first-order valence-electron chi connectivity index (χ1n) is 11.1. The summed E-state index contributed by atoms with van der Waals surface area (Å²) in [5.74, 6) is -7.31. The average Bonchev–Trinajstić information content (AvgIpc) is 2.79. The molecule has 0 spiro atoms. The number of nitrogens with one attached hydrogen (secondary N) is 1. The van der Waals surface area contributed by atoms with Gasteiger partial charge in [0, 0.05) is 12.5 Å². The third-order valence-electron chi connectivity index (χ3n) is 5.65. The van der Waals surface area contributed by atoms with Gasteiger partial charge in [0.05, 0.1) is 32.1 Å². The van der Waals surface area contributed by atoms with Gasteiger partial charge in [-0.25, -0.2) is 0 Å². The SMILES string of the molecule is CC(C(=O)C[C@@H](C)NC(=O)c1ccc(/C=C/C(c2cc(Cl)c(Cl)c(Cl)c2)C(F)(F)F)cc1C(F)(F)F)C(F)(F)F. The summed E-state index contributed by atoms with van der Waals surface area (Å²) in [5, 5.41) is 1.31. The first-order chi connectivity index (χ1) is 18.1. The summed E-state index contributed by atoms with van der Waals surface area (Å²) < 4.78 is 121. The zero-order valence-corrected chi connectivity index (χ0v) is 22.6. The van der Waals surface area contributed by atoms with Crippen LogP contribution in [0.3, 0.4) is 0 Å². The first kappa shape index (κ1) is 33.8. The Kier molecular flexibility index (Phi) is 10.6. The predicted molar refractivity (Wildman–Crippen MR) is 133 cm³/mol. The van der Waals surface area contributed by atoms with E-state index in [0.29, 0.717) is 25.1 Å². The van der Waals surface area contributed by atoms with Gasteiger partial charge in [-0.1, -0.05) is 53.0 Å². The van der Waals surface area contributed by atoms with Crippen LogP contribution in [0.1, 0.15) is 53.2 Å². The molecule has 3 atom stereocenters. The molecule has 220 valence electrons. The van der Waals surface area contributed by atoms with Crippen LogP contribution in [0.2, 0.25) is 15.1 Å². The molecule has 0 fully saturated rings. The fourth-order valence-corrected chi connectivity index (χ4v) is 4.10. The maximum atomic E-state index is 13.7. The summed E-state index contributed by atoms with van der Waals surface area (Å²) in [6.07, 6.45) is -14.3. The standard InChI is InChI=1S/C25H19Cl3F9NO2/c1-11(7-20(39)12(2)23(29,30)31)38-22(40)15-5-3-13(8-17(15)25(35,36)37)4-6-16(24(32,33)34)14-9-18(26)21(28)19(27)10-14/h3-6,8-12,16H,7H2,1-2H3,(H,38,40)/b6-4+/t11-,12?,16?/m1/s1. The second-order valence-corrected chi connectivity index (χ2v) is 9.98. The second kappa shape index (κ2) is 12.6. The Balaban J connectivity index is 2.37. The van der Waals surface area contributed by atoms with Gasteiger partial charge in [-0.2, -0.15) is 39.5 Å². The van der Waals surface area contributed by atoms with Crippen LogP contribution in [-0.4, -0.2) is 30.1 Å². The summed E-state index contributed by atoms with van der Waals surface area (Å²) in [4.78, 5) is 24.3. The van der Waals surface area contributed by atoms with Gasteiger partial charge < -0.3 is 5.32 Å². The molecule has 0 saturated carbocycles. The monoisotopic (exact) mass is 641 g/mol. The van der Waals surface area contributed by atoms with Crippen molar-refractivity contribution in [2.75, 3.05) is 0 Å². The Labute approximate surface area is 237 Å². The number of amides is 1. The van der Waals surface area contributed by atoms with Gasteiger partial charge in [0.1, 0.15) is 11.7 Å². The van der Waals surface area contributed by atoms with Crippen molar-refractivity contribution in [2.45, 2.75) is 50.8 Å². The van der Waals surface area contributed by atoms with E-state index in [9.17, 15) is 49.1 Å². The quantitative estimate of drug-likeness (QED) is 0.231. The number of halogens is 12. The van der Waals surface area contributed by atoms with E-state index in [4.69, 9.17) is 34.8 Å². The molecule has 0 radical (unpaired) electrons. The van der Waals surface area contributed by atoms with Gasteiger partial charge in [-0.15, -0.1) is 0 Å². The molecule has 0 aromatic heterocycles. The molecule has 0 aliphatic carbocycles. The number of rotatable bonds is 8. The molecule has 3 nitrogen and oxygen atoms in total. The number of hydrogen-bond acceptors (Lipinski definition) is 2. The number of benzene rings is 2. The minimum atomic E-state index is -5.14. The number of ketones is 1. The summed E-state index contributed by atoms with van der Waals surface area (Å²) in [7, 11) is 0. The van der Waals surface area contributed by atoms with E-state index in [0.717, 1.165) is 31.2 Å². The Morgan fingerprint density at radius 1 is 0.875 bits per heavy atom. The van der Waals surface area contributed by atoms with Crippen LogP contribution >= 0.6 is 34.8 Å². The van der Waals surface area contributed by atoms with E-state index in [1.165, 1.54) is 0 Å². The van der Waals surface area contributed by atoms with Gasteiger partial charge >= 0.3 is 18.5 Å². The van der Waals surface area contributed by atoms with Crippen molar-refractivity contribution >= 4 is 52.6 Å². The Morgan fingerprint density at radius 3 is 1.90 bits per heavy atom. The van der Waals surface area contributed by atoms with E-state index in [1.54, 1.807) is 0 Å². The highest BCUT2D eigenvalue weighted by Gasteiger charge is 2.42. The van der Waals surface area contributed by atoms with Crippen LogP contribution < -0.4 is 5.32 Å². The third kappa shape index (κ3) is 8.78. The molecule has 2 aromatic carbocycles. The lowest BCUT2D eigenvalue weighted by Gasteiger charge is -2.20. The summed E-state index contributed by atoms with van der Waals surface area (Å²) >= 11 is 17.4. The fraction of sp³-hybridized carbons (Fsp3) is 0.360. The Bertz CT molecular complexity index is 1260. The molecule has 2 unspecified atom stereocenters. The van der Waals surface area contributed by atoms with Crippen LogP contribution in [-0.2, 0) is 11.0 Å². The van der Waals surface area contributed by atoms with E-state index in [2.05, 4.69) is 0 Å². The number of hydrogen-bond donors (Lipinski definition) is 1. The molecule has 0 aliphatic heterocycles. The van der Waals surface area contributed by atoms with Crippen LogP contribution in [0.4, 0.5) is 39.5 Å². The van der Waals surface area contributed by atoms with Gasteiger partial charge in [-0.05, 0) is 49.2 Å². The highest BCUT2D eigenvalue weighted by Crippen LogP contribution is 2.41. The molecule has 0 aliphatic rings. The molecule has 1 N–H and O–H groups in total. The first-order valence-corrected chi connectivity index (χ1v) is 12.3. The number of allylic oxidation sites excluding steroid dienone is 1. The number of carbonyl (C=O) groups is 2. The van der Waals surface area contributed by atoms with Crippen molar-refractivity contribution < 1.29 is 49.1 Å². The molecule has 1 amide bonds. The van der Waals surface area contributed by atoms with Gasteiger partial charge in [-0.3, -0.25) is 9.59 Å². The lowest BCUT2D eigenvalue weighted by Crippen LogP contribution is -2.38. The van der Waals surface area contributed by atoms with Gasteiger partial charge in [0.2, 0.25) is 0 Å². The number of carbonyl (C=O) groups excluding carboxylic acids is 2. The van der Waals surface area contributed by atoms with E-state index < -0.39 is 71.2 Å². The Morgan fingerprint density at radius 2 is 1.43 bits per heavy atom. The van der Waals surface area contributed by atoms with Crippen LogP contribution in [0.5, 0.6) is 0 Å². The average molecular weight is 643 g/mol. The van der Waals surface area contributed by atoms with Crippen molar-refractivity contribution in [3.8, 4) is 0 Å². The molecule has 0 heterocycles. The van der Waals surface area contributed by atoms with Crippen LogP contribution in [0, 0.1) is 5.92 Å². The Hall–Kier alpha value is -2.44. The molecule has 40 heavy (non-hydrogen) atoms. The molecule has 0 bridgehead atoms. The summed E-state index contributed by atoms with van der Waals surface area (Å²) in [6, 6.07) is 2.64. The van der Waals surface area contributed by atoms with Crippen molar-refractivity contribution in [1.29, 1.82) is 0 Å². The topological polar surface area (TPSA) is 46.2 Å². The van der Waals surface area contributed by atoms with Crippen molar-refractivity contribution in [1.82, 2.24) is 5.32 Å². The molecular weight excluding hydrogens is 624 g/mol. The third-order valence-corrected chi connectivity index (χ3v) is 6.85. The van der Waals surface area contributed by atoms with Gasteiger partial charge in [0.15, 0.2) is 0 Å². The highest BCUT2D eigenvalue weighted by molar-refractivity contribution is 6.48. The molecule has 0 saturated heterocycles. The van der Waals surface area contributed by atoms with E-state index in [-0.39, 0.29) is 20.6 Å².